The molecule has 1 N–H and O–H groups in total. The van der Waals surface area contributed by atoms with Crippen LogP contribution in [-0.2, 0) is 6.54 Å². The number of thioether (sulfide) groups is 1. The third-order valence-corrected chi connectivity index (χ3v) is 3.76. The second-order valence-electron chi connectivity index (χ2n) is 4.49. The maximum atomic E-state index is 13.9. The monoisotopic (exact) mass is 281 g/mol. The van der Waals surface area contributed by atoms with E-state index >= 15 is 0 Å². The first-order chi connectivity index (χ1) is 9.08. The smallest absolute Gasteiger partial charge is 0.128 e. The van der Waals surface area contributed by atoms with Gasteiger partial charge in [0.25, 0.3) is 0 Å². The summed E-state index contributed by atoms with van der Waals surface area (Å²) in [5.41, 5.74) is 1.26. The van der Waals surface area contributed by atoms with Crippen LogP contribution >= 0.6 is 11.8 Å². The molecule has 1 rings (SSSR count). The van der Waals surface area contributed by atoms with E-state index in [1.165, 1.54) is 6.07 Å². The fraction of sp³-hybridized carbons (Fsp3) is 0.467. The predicted octanol–water partition coefficient (Wildman–Crippen LogP) is 2.35. The molecule has 0 bridgehead atoms. The van der Waals surface area contributed by atoms with Crippen molar-refractivity contribution in [3.05, 3.63) is 35.1 Å². The molecule has 1 aromatic carbocycles. The lowest BCUT2D eigenvalue weighted by atomic mass is 10.1. The van der Waals surface area contributed by atoms with Crippen molar-refractivity contribution in [2.24, 2.45) is 0 Å². The van der Waals surface area contributed by atoms with E-state index < -0.39 is 0 Å². The minimum absolute atomic E-state index is 0.210. The number of rotatable bonds is 5. The number of hydrogen-bond donors (Lipinski definition) is 1. The molecule has 0 heterocycles. The molecule has 0 aliphatic heterocycles. The molecule has 0 aliphatic rings. The second-order valence-corrected chi connectivity index (χ2v) is 5.40. The fourth-order valence-electron chi connectivity index (χ4n) is 1.69. The van der Waals surface area contributed by atoms with Gasteiger partial charge in [0.15, 0.2) is 0 Å². The number of benzene rings is 1. The summed E-state index contributed by atoms with van der Waals surface area (Å²) in [6, 6.07) is 5.38. The second kappa shape index (κ2) is 8.21. The van der Waals surface area contributed by atoms with Crippen LogP contribution in [0.25, 0.3) is 0 Å². The van der Waals surface area contributed by atoms with Crippen molar-refractivity contribution in [1.82, 2.24) is 4.90 Å². The van der Waals surface area contributed by atoms with Crippen molar-refractivity contribution in [2.75, 3.05) is 25.7 Å². The molecule has 0 amide bonds. The first-order valence-electron chi connectivity index (χ1n) is 6.15. The van der Waals surface area contributed by atoms with Crippen LogP contribution in [0, 0.1) is 17.7 Å². The predicted molar refractivity (Wildman–Crippen MR) is 79.7 cm³/mol. The van der Waals surface area contributed by atoms with Gasteiger partial charge in [-0.3, -0.25) is 4.90 Å². The molecule has 0 aliphatic carbocycles. The molecule has 104 valence electrons. The standard InChI is InChI=1S/C15H20FNOS/c1-12(11-19-3)17(2)10-14-7-6-13(5-4-8-18)9-15(14)16/h6-7,9,12,18H,8,10-11H2,1-3H3. The zero-order valence-electron chi connectivity index (χ0n) is 11.6. The summed E-state index contributed by atoms with van der Waals surface area (Å²) in [7, 11) is 2.00. The SMILES string of the molecule is CSCC(C)N(C)Cc1ccc(C#CCO)cc1F. The zero-order chi connectivity index (χ0) is 14.3. The van der Waals surface area contributed by atoms with Gasteiger partial charge in [0, 0.05) is 29.5 Å². The Labute approximate surface area is 119 Å². The summed E-state index contributed by atoms with van der Waals surface area (Å²) in [4.78, 5) is 2.13. The maximum Gasteiger partial charge on any atom is 0.128 e. The molecular weight excluding hydrogens is 261 g/mol. The average molecular weight is 281 g/mol. The first kappa shape index (κ1) is 16.0. The Hall–Kier alpha value is -1.02. The zero-order valence-corrected chi connectivity index (χ0v) is 12.4. The molecule has 19 heavy (non-hydrogen) atoms. The van der Waals surface area contributed by atoms with E-state index in [0.29, 0.717) is 23.7 Å². The van der Waals surface area contributed by atoms with E-state index in [0.717, 1.165) is 5.75 Å². The average Bonchev–Trinajstić information content (AvgIpc) is 2.39. The van der Waals surface area contributed by atoms with Crippen molar-refractivity contribution in [3.8, 4) is 11.8 Å². The summed E-state index contributed by atoms with van der Waals surface area (Å²) in [6.45, 7) is 2.51. The van der Waals surface area contributed by atoms with Crippen LogP contribution in [0.15, 0.2) is 18.2 Å². The van der Waals surface area contributed by atoms with Crippen molar-refractivity contribution in [3.63, 3.8) is 0 Å². The van der Waals surface area contributed by atoms with Gasteiger partial charge in [0.1, 0.15) is 12.4 Å². The van der Waals surface area contributed by atoms with Gasteiger partial charge in [0.05, 0.1) is 0 Å². The van der Waals surface area contributed by atoms with Gasteiger partial charge < -0.3 is 5.11 Å². The van der Waals surface area contributed by atoms with Gasteiger partial charge in [0.2, 0.25) is 0 Å². The van der Waals surface area contributed by atoms with Gasteiger partial charge in [-0.1, -0.05) is 17.9 Å². The van der Waals surface area contributed by atoms with Gasteiger partial charge in [-0.15, -0.1) is 0 Å². The topological polar surface area (TPSA) is 23.5 Å². The molecule has 0 saturated heterocycles. The third-order valence-electron chi connectivity index (χ3n) is 2.94. The lowest BCUT2D eigenvalue weighted by Crippen LogP contribution is -2.30. The third kappa shape index (κ3) is 5.23. The number of halogens is 1. The Kier molecular flexibility index (Phi) is 6.93. The number of aliphatic hydroxyl groups excluding tert-OH is 1. The van der Waals surface area contributed by atoms with E-state index in [9.17, 15) is 4.39 Å². The number of aliphatic hydroxyl groups is 1. The van der Waals surface area contributed by atoms with Crippen LogP contribution in [0.3, 0.4) is 0 Å². The maximum absolute atomic E-state index is 13.9. The Bertz CT molecular complexity index is 467. The van der Waals surface area contributed by atoms with Gasteiger partial charge >= 0.3 is 0 Å². The van der Waals surface area contributed by atoms with E-state index in [-0.39, 0.29) is 12.4 Å². The van der Waals surface area contributed by atoms with Crippen LogP contribution in [0.2, 0.25) is 0 Å². The molecule has 0 fully saturated rings. The molecule has 0 spiro atoms. The quantitative estimate of drug-likeness (QED) is 0.838. The van der Waals surface area contributed by atoms with Crippen molar-refractivity contribution in [2.45, 2.75) is 19.5 Å². The summed E-state index contributed by atoms with van der Waals surface area (Å²) in [5.74, 6) is 6.00. The molecule has 1 atom stereocenters. The molecule has 0 radical (unpaired) electrons. The van der Waals surface area contributed by atoms with Crippen LogP contribution < -0.4 is 0 Å². The minimum atomic E-state index is -0.243. The molecule has 0 aromatic heterocycles. The highest BCUT2D eigenvalue weighted by atomic mass is 32.2. The Morgan fingerprint density at radius 3 is 2.79 bits per heavy atom. The van der Waals surface area contributed by atoms with Gasteiger partial charge in [-0.2, -0.15) is 11.8 Å². The number of hydrogen-bond acceptors (Lipinski definition) is 3. The number of nitrogens with zero attached hydrogens (tertiary/aromatic N) is 1. The fourth-order valence-corrected chi connectivity index (χ4v) is 2.42. The Balaban J connectivity index is 2.74. The summed E-state index contributed by atoms with van der Waals surface area (Å²) < 4.78 is 13.9. The molecule has 1 unspecified atom stereocenters. The van der Waals surface area contributed by atoms with E-state index in [1.807, 2.05) is 7.05 Å². The lowest BCUT2D eigenvalue weighted by Gasteiger charge is -2.24. The highest BCUT2D eigenvalue weighted by molar-refractivity contribution is 7.98. The van der Waals surface area contributed by atoms with E-state index in [4.69, 9.17) is 5.11 Å². The van der Waals surface area contributed by atoms with Crippen LogP contribution in [0.4, 0.5) is 4.39 Å². The lowest BCUT2D eigenvalue weighted by molar-refractivity contribution is 0.266. The van der Waals surface area contributed by atoms with E-state index in [2.05, 4.69) is 29.9 Å². The van der Waals surface area contributed by atoms with E-state index in [1.54, 1.807) is 23.9 Å². The highest BCUT2D eigenvalue weighted by Gasteiger charge is 2.11. The van der Waals surface area contributed by atoms with Crippen LogP contribution in [-0.4, -0.2) is 41.7 Å². The normalized spacial score (nSPS) is 12.1. The Morgan fingerprint density at radius 1 is 1.47 bits per heavy atom. The van der Waals surface area contributed by atoms with Gasteiger partial charge in [-0.25, -0.2) is 4.39 Å². The molecule has 1 aromatic rings. The summed E-state index contributed by atoms with van der Waals surface area (Å²) in [5, 5.41) is 8.61. The molecular formula is C15H20FNOS. The minimum Gasteiger partial charge on any atom is -0.384 e. The summed E-state index contributed by atoms with van der Waals surface area (Å²) in [6.07, 6.45) is 2.07. The van der Waals surface area contributed by atoms with Crippen molar-refractivity contribution >= 4 is 11.8 Å². The van der Waals surface area contributed by atoms with Crippen LogP contribution in [0.1, 0.15) is 18.1 Å². The van der Waals surface area contributed by atoms with Crippen molar-refractivity contribution in [1.29, 1.82) is 0 Å². The first-order valence-corrected chi connectivity index (χ1v) is 7.55. The van der Waals surface area contributed by atoms with Crippen LogP contribution in [0.5, 0.6) is 0 Å². The highest BCUT2D eigenvalue weighted by Crippen LogP contribution is 2.14. The molecule has 2 nitrogen and oxygen atoms in total. The summed E-state index contributed by atoms with van der Waals surface area (Å²) >= 11 is 1.79. The van der Waals surface area contributed by atoms with Crippen molar-refractivity contribution < 1.29 is 9.50 Å². The van der Waals surface area contributed by atoms with Gasteiger partial charge in [-0.05, 0) is 32.4 Å². The molecule has 4 heteroatoms. The molecule has 0 saturated carbocycles. The Morgan fingerprint density at radius 2 is 2.21 bits per heavy atom. The largest absolute Gasteiger partial charge is 0.384 e.